The standard InChI is InChI=1S/C39H35N4O.Zn/c1-21-8-10-26(11-9-21)35-29-13-12-27(40-29)20-33-39(6,7)38(44)37(43-33)25(5)28-14-15-31(41-28)36(32-17-16-30(35)42-32)34-23(3)18-22(2)19-24(34)4;/h8-20H,1-7H3,(H-,40,41,42,43,44);/q-1;+2/p-1. The van der Waals surface area contributed by atoms with Crippen LogP contribution in [0.2, 0.25) is 0 Å². The van der Waals surface area contributed by atoms with Crippen molar-refractivity contribution in [2.45, 2.75) is 53.9 Å². The number of hydrogen-bond acceptors (Lipinski definition) is 3. The number of aromatic nitrogens is 4. The first-order valence-corrected chi connectivity index (χ1v) is 15.0. The van der Waals surface area contributed by atoms with Gasteiger partial charge in [0.15, 0.2) is 5.78 Å². The van der Waals surface area contributed by atoms with E-state index in [-0.39, 0.29) is 25.3 Å². The van der Waals surface area contributed by atoms with E-state index < -0.39 is 5.41 Å². The van der Waals surface area contributed by atoms with E-state index in [0.717, 1.165) is 61.3 Å². The molecule has 5 nitrogen and oxygen atoms in total. The number of ketones is 1. The van der Waals surface area contributed by atoms with Crippen molar-refractivity contribution in [3.8, 4) is 22.3 Å². The summed E-state index contributed by atoms with van der Waals surface area (Å²) in [5.74, 6) is -0.00912. The van der Waals surface area contributed by atoms with Gasteiger partial charge in [0.25, 0.3) is 0 Å². The molecule has 0 unspecified atom stereocenters. The third kappa shape index (κ3) is 5.11. The maximum atomic E-state index is 13.7. The van der Waals surface area contributed by atoms with Gasteiger partial charge in [0.05, 0.1) is 22.5 Å². The van der Waals surface area contributed by atoms with E-state index in [2.05, 4.69) is 76.2 Å². The molecule has 0 spiro atoms. The summed E-state index contributed by atoms with van der Waals surface area (Å²) in [6, 6.07) is 22.9. The fourth-order valence-corrected chi connectivity index (χ4v) is 6.51. The first-order chi connectivity index (χ1) is 21.0. The number of Topliss-reactive ketones (excluding diaryl/α,β-unsaturated/α-hetero) is 1. The largest absolute Gasteiger partial charge is 2.00 e. The molecule has 2 aromatic carbocycles. The summed E-state index contributed by atoms with van der Waals surface area (Å²) in [6.07, 6.45) is 4.18. The second kappa shape index (κ2) is 11.2. The molecule has 5 aromatic rings. The first kappa shape index (κ1) is 30.6. The Labute approximate surface area is 276 Å². The molecule has 2 aliphatic rings. The van der Waals surface area contributed by atoms with Gasteiger partial charge in [0, 0.05) is 0 Å². The number of benzene rings is 2. The van der Waals surface area contributed by atoms with Crippen LogP contribution in [0.15, 0.2) is 66.7 Å². The van der Waals surface area contributed by atoms with Gasteiger partial charge in [-0.2, -0.15) is 0 Å². The van der Waals surface area contributed by atoms with Gasteiger partial charge in [0.2, 0.25) is 0 Å². The van der Waals surface area contributed by atoms with Crippen molar-refractivity contribution >= 4 is 40.0 Å². The number of nitrogens with zero attached hydrogens (tertiary/aromatic N) is 4. The second-order valence-electron chi connectivity index (χ2n) is 12.6. The Bertz CT molecular complexity index is 2190. The van der Waals surface area contributed by atoms with Gasteiger partial charge in [-0.05, 0) is 99.6 Å². The molecule has 7 rings (SSSR count). The van der Waals surface area contributed by atoms with Gasteiger partial charge >= 0.3 is 19.5 Å². The van der Waals surface area contributed by atoms with E-state index in [4.69, 9.17) is 19.9 Å². The van der Waals surface area contributed by atoms with Crippen molar-refractivity contribution in [2.24, 2.45) is 0 Å². The summed E-state index contributed by atoms with van der Waals surface area (Å²) >= 11 is 0. The molecule has 218 valence electrons. The summed E-state index contributed by atoms with van der Waals surface area (Å²) in [5.41, 5.74) is 14.8. The molecule has 3 aromatic heterocycles. The molecule has 6 heteroatoms. The zero-order valence-electron chi connectivity index (χ0n) is 26.9. The van der Waals surface area contributed by atoms with Crippen LogP contribution < -0.4 is 9.97 Å². The van der Waals surface area contributed by atoms with E-state index >= 15 is 0 Å². The molecular weight excluding hydrogens is 606 g/mol. The average Bonchev–Trinajstić information content (AvgIpc) is 3.77. The Kier molecular flexibility index (Phi) is 7.61. The van der Waals surface area contributed by atoms with E-state index in [1.165, 1.54) is 22.3 Å². The van der Waals surface area contributed by atoms with Crippen LogP contribution in [-0.2, 0) is 24.9 Å². The Morgan fingerprint density at radius 2 is 1.22 bits per heavy atom. The third-order valence-corrected chi connectivity index (χ3v) is 8.91. The molecule has 0 atom stereocenters. The molecule has 0 amide bonds. The number of carbonyl (C=O) groups is 1. The van der Waals surface area contributed by atoms with Crippen LogP contribution in [0, 0.1) is 34.6 Å². The number of fused-ring (bicyclic) bond motifs is 8. The van der Waals surface area contributed by atoms with E-state index in [1.54, 1.807) is 0 Å². The zero-order chi connectivity index (χ0) is 30.9. The van der Waals surface area contributed by atoms with Gasteiger partial charge in [-0.1, -0.05) is 77.9 Å². The first-order valence-electron chi connectivity index (χ1n) is 15.0. The van der Waals surface area contributed by atoms with Gasteiger partial charge in [0.1, 0.15) is 5.69 Å². The van der Waals surface area contributed by atoms with E-state index in [1.807, 2.05) is 51.1 Å². The van der Waals surface area contributed by atoms with Crippen LogP contribution >= 0.6 is 0 Å². The summed E-state index contributed by atoms with van der Waals surface area (Å²) in [6.45, 7) is 14.3. The molecule has 0 radical (unpaired) electrons. The maximum absolute atomic E-state index is 13.7. The second-order valence-corrected chi connectivity index (χ2v) is 12.6. The molecule has 5 heterocycles. The number of hydrogen-bond donors (Lipinski definition) is 0. The van der Waals surface area contributed by atoms with Crippen LogP contribution in [0.25, 0.3) is 56.5 Å². The fourth-order valence-electron chi connectivity index (χ4n) is 6.51. The van der Waals surface area contributed by atoms with Crippen LogP contribution in [0.1, 0.15) is 69.2 Å². The molecule has 0 fully saturated rings. The zero-order valence-corrected chi connectivity index (χ0v) is 29.9. The quantitative estimate of drug-likeness (QED) is 0.177. The summed E-state index contributed by atoms with van der Waals surface area (Å²) in [7, 11) is 0. The normalized spacial score (nSPS) is 13.6. The van der Waals surface area contributed by atoms with Gasteiger partial charge in [-0.25, -0.2) is 9.97 Å². The van der Waals surface area contributed by atoms with Crippen molar-refractivity contribution in [3.05, 3.63) is 117 Å². The summed E-state index contributed by atoms with van der Waals surface area (Å²) < 4.78 is 0. The SMILES string of the molecule is Cc1ccc(-c2c3nc(c(-c4c(C)cc(C)cc4C)c4ccc([n-]4)c(C)c4nc(cc5ccc2[n-]5)C(C)(C)C4=O)C=C3)cc1.[Zn+2]. The smallest absolute Gasteiger partial charge is 0.657 e. The molecule has 0 saturated carbocycles. The molecule has 0 aliphatic carbocycles. The average molecular weight is 640 g/mol. The number of rotatable bonds is 2. The third-order valence-electron chi connectivity index (χ3n) is 8.91. The molecule has 2 aliphatic heterocycles. The van der Waals surface area contributed by atoms with E-state index in [9.17, 15) is 4.79 Å². The number of aryl methyl sites for hydroxylation is 5. The van der Waals surface area contributed by atoms with Crippen molar-refractivity contribution in [1.29, 1.82) is 0 Å². The Morgan fingerprint density at radius 1 is 0.622 bits per heavy atom. The minimum Gasteiger partial charge on any atom is -0.657 e. The van der Waals surface area contributed by atoms with Crippen LogP contribution in [0.5, 0.6) is 0 Å². The molecule has 45 heavy (non-hydrogen) atoms. The van der Waals surface area contributed by atoms with E-state index in [0.29, 0.717) is 11.4 Å². The van der Waals surface area contributed by atoms with Crippen molar-refractivity contribution < 1.29 is 24.3 Å². The van der Waals surface area contributed by atoms with Crippen molar-refractivity contribution in [3.63, 3.8) is 0 Å². The Morgan fingerprint density at radius 3 is 1.91 bits per heavy atom. The summed E-state index contributed by atoms with van der Waals surface area (Å²) in [5, 5.41) is 0. The predicted octanol–water partition coefficient (Wildman–Crippen LogP) is 8.78. The number of carbonyl (C=O) groups excluding carboxylic acids is 1. The molecule has 0 N–H and O–H groups in total. The van der Waals surface area contributed by atoms with Crippen LogP contribution in [0.3, 0.4) is 0 Å². The Hall–Kier alpha value is -4.41. The van der Waals surface area contributed by atoms with Crippen LogP contribution in [0.4, 0.5) is 0 Å². The van der Waals surface area contributed by atoms with Crippen LogP contribution in [-0.4, -0.2) is 15.8 Å². The van der Waals surface area contributed by atoms with Crippen molar-refractivity contribution in [1.82, 2.24) is 19.9 Å². The molecular formula is C39H34N4OZn. The molecule has 8 bridgehead atoms. The van der Waals surface area contributed by atoms with Gasteiger partial charge < -0.3 is 9.97 Å². The predicted molar refractivity (Wildman–Crippen MR) is 180 cm³/mol. The molecule has 0 saturated heterocycles. The van der Waals surface area contributed by atoms with Gasteiger partial charge in [-0.15, -0.1) is 22.1 Å². The maximum Gasteiger partial charge on any atom is 2.00 e. The monoisotopic (exact) mass is 638 g/mol. The fraction of sp³-hybridized carbons (Fsp3) is 0.205. The summed E-state index contributed by atoms with van der Waals surface area (Å²) in [4.78, 5) is 34.1. The van der Waals surface area contributed by atoms with Gasteiger partial charge in [-0.3, -0.25) is 4.79 Å². The topological polar surface area (TPSA) is 71.1 Å². The minimum atomic E-state index is -0.780. The Balaban J connectivity index is 0.00000357. The van der Waals surface area contributed by atoms with Crippen molar-refractivity contribution in [2.75, 3.05) is 0 Å². The minimum absolute atomic E-state index is 0.